The van der Waals surface area contributed by atoms with Crippen molar-refractivity contribution in [2.24, 2.45) is 0 Å². The zero-order valence-electron chi connectivity index (χ0n) is 17.0. The van der Waals surface area contributed by atoms with Crippen molar-refractivity contribution < 1.29 is 26.4 Å². The third-order valence-corrected chi connectivity index (χ3v) is 5.86. The summed E-state index contributed by atoms with van der Waals surface area (Å²) in [4.78, 5) is 15.2. The minimum Gasteiger partial charge on any atom is -0.372 e. The fourth-order valence-corrected chi connectivity index (χ4v) is 4.31. The molecule has 0 spiro atoms. The largest absolute Gasteiger partial charge is 0.401 e. The minimum atomic E-state index is -4.27. The number of benzene rings is 1. The zero-order chi connectivity index (χ0) is 22.2. The van der Waals surface area contributed by atoms with E-state index in [1.165, 1.54) is 13.5 Å². The van der Waals surface area contributed by atoms with Crippen LogP contribution in [0.25, 0.3) is 0 Å². The van der Waals surface area contributed by atoms with Crippen molar-refractivity contribution in [3.05, 3.63) is 24.3 Å². The fraction of sp³-hybridized carbons (Fsp3) is 0.632. The van der Waals surface area contributed by atoms with Gasteiger partial charge in [-0.25, -0.2) is 8.42 Å². The van der Waals surface area contributed by atoms with Crippen LogP contribution in [-0.2, 0) is 14.8 Å². The number of hydrogen-bond acceptors (Lipinski definition) is 5. The third kappa shape index (κ3) is 9.21. The summed E-state index contributed by atoms with van der Waals surface area (Å²) in [5.41, 5.74) is 1.41. The normalized spacial score (nSPS) is 15.3. The number of nitrogens with zero attached hydrogens (tertiary/aromatic N) is 2. The van der Waals surface area contributed by atoms with Crippen molar-refractivity contribution in [1.82, 2.24) is 10.2 Å². The van der Waals surface area contributed by atoms with Gasteiger partial charge in [0.1, 0.15) is 5.75 Å². The minimum absolute atomic E-state index is 0.0983. The smallest absolute Gasteiger partial charge is 0.372 e. The molecule has 2 rings (SSSR count). The molecule has 0 atom stereocenters. The topological polar surface area (TPSA) is 81.8 Å². The highest BCUT2D eigenvalue weighted by atomic mass is 32.2. The lowest BCUT2D eigenvalue weighted by atomic mass is 10.1. The first-order valence-electron chi connectivity index (χ1n) is 9.91. The second-order valence-electron chi connectivity index (χ2n) is 7.51. The molecule has 1 amide bonds. The zero-order valence-corrected chi connectivity index (χ0v) is 17.9. The summed E-state index contributed by atoms with van der Waals surface area (Å²) >= 11 is 0. The van der Waals surface area contributed by atoms with E-state index in [1.54, 1.807) is 12.1 Å². The van der Waals surface area contributed by atoms with Crippen LogP contribution in [0, 0.1) is 0 Å². The van der Waals surface area contributed by atoms with Crippen molar-refractivity contribution >= 4 is 27.3 Å². The molecule has 30 heavy (non-hydrogen) atoms. The van der Waals surface area contributed by atoms with Gasteiger partial charge in [0.2, 0.25) is 15.9 Å². The number of hydrogen-bond donors (Lipinski definition) is 2. The number of alkyl halides is 3. The van der Waals surface area contributed by atoms with Crippen LogP contribution in [0.5, 0.6) is 0 Å². The van der Waals surface area contributed by atoms with Gasteiger partial charge in [-0.1, -0.05) is 0 Å². The number of sulfonamides is 1. The lowest BCUT2D eigenvalue weighted by molar-refractivity contribution is -0.143. The molecule has 0 radical (unpaired) electrons. The maximum atomic E-state index is 12.2. The molecule has 0 aliphatic carbocycles. The molecule has 1 aromatic carbocycles. The van der Waals surface area contributed by atoms with Crippen LogP contribution < -0.4 is 14.9 Å². The Bertz CT molecular complexity index is 779. The summed E-state index contributed by atoms with van der Waals surface area (Å²) in [6.45, 7) is 1.17. The molecular formula is C19H29F3N4O3S. The Morgan fingerprint density at radius 1 is 1.13 bits per heavy atom. The van der Waals surface area contributed by atoms with Gasteiger partial charge in [-0.3, -0.25) is 14.4 Å². The first-order valence-corrected chi connectivity index (χ1v) is 11.6. The van der Waals surface area contributed by atoms with Crippen LogP contribution in [0.4, 0.5) is 24.5 Å². The van der Waals surface area contributed by atoms with Crippen LogP contribution in [0.3, 0.4) is 0 Å². The van der Waals surface area contributed by atoms with Gasteiger partial charge in [0, 0.05) is 31.0 Å². The number of anilines is 2. The van der Waals surface area contributed by atoms with Crippen LogP contribution in [0.1, 0.15) is 25.7 Å². The molecular weight excluding hydrogens is 421 g/mol. The summed E-state index contributed by atoms with van der Waals surface area (Å²) < 4.78 is 63.4. The average Bonchev–Trinajstić information content (AvgIpc) is 2.64. The Labute approximate surface area is 175 Å². The third-order valence-electron chi connectivity index (χ3n) is 4.67. The fourth-order valence-electron chi connectivity index (χ4n) is 3.29. The van der Waals surface area contributed by atoms with Crippen LogP contribution >= 0.6 is 0 Å². The molecule has 0 aromatic heterocycles. The van der Waals surface area contributed by atoms with E-state index in [1.807, 2.05) is 12.1 Å². The summed E-state index contributed by atoms with van der Waals surface area (Å²) in [5.74, 6) is -1.45. The highest BCUT2D eigenvalue weighted by Gasteiger charge is 2.28. The average molecular weight is 451 g/mol. The molecule has 1 aliphatic rings. The summed E-state index contributed by atoms with van der Waals surface area (Å²) in [7, 11) is -2.55. The van der Waals surface area contributed by atoms with Crippen LogP contribution in [0.2, 0.25) is 0 Å². The van der Waals surface area contributed by atoms with E-state index in [9.17, 15) is 26.4 Å². The molecule has 170 valence electrons. The Morgan fingerprint density at radius 2 is 1.77 bits per heavy atom. The first-order chi connectivity index (χ1) is 14.0. The number of carbonyl (C=O) groups is 1. The number of amides is 1. The molecule has 1 saturated heterocycles. The van der Waals surface area contributed by atoms with Gasteiger partial charge in [0.25, 0.3) is 0 Å². The standard InChI is InChI=1S/C19H29F3N4O3S/c1-25(15-19(20,21)22)11-5-10-23-18(27)14-30(28,29)24-16-6-8-17(9-7-16)26-12-3-2-4-13-26/h6-9,24H,2-5,10-15H2,1H3,(H,23,27). The SMILES string of the molecule is CN(CCCNC(=O)CS(=O)(=O)Nc1ccc(N2CCCCC2)cc1)CC(F)(F)F. The van der Waals surface area contributed by atoms with Gasteiger partial charge < -0.3 is 10.2 Å². The van der Waals surface area contributed by atoms with Crippen molar-refractivity contribution in [3.8, 4) is 0 Å². The summed E-state index contributed by atoms with van der Waals surface area (Å²) in [6, 6.07) is 7.02. The monoisotopic (exact) mass is 450 g/mol. The van der Waals surface area contributed by atoms with E-state index in [2.05, 4.69) is 14.9 Å². The van der Waals surface area contributed by atoms with E-state index in [0.717, 1.165) is 36.5 Å². The van der Waals surface area contributed by atoms with Gasteiger partial charge in [-0.15, -0.1) is 0 Å². The van der Waals surface area contributed by atoms with Crippen LogP contribution in [0.15, 0.2) is 24.3 Å². The van der Waals surface area contributed by atoms with Gasteiger partial charge in [0.15, 0.2) is 0 Å². The van der Waals surface area contributed by atoms with Crippen molar-refractivity contribution in [3.63, 3.8) is 0 Å². The molecule has 11 heteroatoms. The lowest BCUT2D eigenvalue weighted by Gasteiger charge is -2.28. The molecule has 1 aliphatic heterocycles. The highest BCUT2D eigenvalue weighted by molar-refractivity contribution is 7.93. The Kier molecular flexibility index (Phi) is 8.78. The van der Waals surface area contributed by atoms with E-state index < -0.39 is 34.4 Å². The molecule has 0 saturated carbocycles. The molecule has 1 heterocycles. The maximum Gasteiger partial charge on any atom is 0.401 e. The number of rotatable bonds is 10. The quantitative estimate of drug-likeness (QED) is 0.535. The second-order valence-corrected chi connectivity index (χ2v) is 9.23. The molecule has 0 unspecified atom stereocenters. The van der Waals surface area contributed by atoms with E-state index in [0.29, 0.717) is 5.69 Å². The first kappa shape index (κ1) is 24.3. The number of piperidine rings is 1. The summed E-state index contributed by atoms with van der Waals surface area (Å²) in [5, 5.41) is 2.42. The van der Waals surface area contributed by atoms with E-state index in [4.69, 9.17) is 0 Å². The predicted molar refractivity (Wildman–Crippen MR) is 111 cm³/mol. The van der Waals surface area contributed by atoms with Gasteiger partial charge in [-0.2, -0.15) is 13.2 Å². The molecule has 1 aromatic rings. The van der Waals surface area contributed by atoms with Crippen molar-refractivity contribution in [2.75, 3.05) is 55.1 Å². The lowest BCUT2D eigenvalue weighted by Crippen LogP contribution is -2.36. The molecule has 1 fully saturated rings. The van der Waals surface area contributed by atoms with Crippen molar-refractivity contribution in [2.45, 2.75) is 31.9 Å². The Morgan fingerprint density at radius 3 is 2.37 bits per heavy atom. The van der Waals surface area contributed by atoms with Crippen molar-refractivity contribution in [1.29, 1.82) is 0 Å². The molecule has 0 bridgehead atoms. The second kappa shape index (κ2) is 10.9. The Hall–Kier alpha value is -2.01. The molecule has 7 nitrogen and oxygen atoms in total. The van der Waals surface area contributed by atoms with E-state index >= 15 is 0 Å². The van der Waals surface area contributed by atoms with Crippen LogP contribution in [-0.4, -0.2) is 70.9 Å². The van der Waals surface area contributed by atoms with Gasteiger partial charge >= 0.3 is 6.18 Å². The van der Waals surface area contributed by atoms with E-state index in [-0.39, 0.29) is 19.5 Å². The maximum absolute atomic E-state index is 12.2. The van der Waals surface area contributed by atoms with Gasteiger partial charge in [-0.05, 0) is 63.5 Å². The van der Waals surface area contributed by atoms with Gasteiger partial charge in [0.05, 0.1) is 6.54 Å². The summed E-state index contributed by atoms with van der Waals surface area (Å²) in [6.07, 6.45) is -0.488. The Balaban J connectivity index is 1.73. The highest BCUT2D eigenvalue weighted by Crippen LogP contribution is 2.22. The number of carbonyl (C=O) groups excluding carboxylic acids is 1. The number of halogens is 3. The predicted octanol–water partition coefficient (Wildman–Crippen LogP) is 2.42. The number of nitrogens with one attached hydrogen (secondary N) is 2. The molecule has 2 N–H and O–H groups in total.